The molecule has 2 aliphatic heterocycles. The summed E-state index contributed by atoms with van der Waals surface area (Å²) < 4.78 is 44.6. The number of hydrogen-bond acceptors (Lipinski definition) is 1. The highest BCUT2D eigenvalue weighted by atomic mass is 35.5. The molecule has 2 aromatic rings. The van der Waals surface area contributed by atoms with Gasteiger partial charge in [-0.25, -0.2) is 0 Å². The van der Waals surface area contributed by atoms with E-state index in [2.05, 4.69) is 0 Å². The number of anilines is 1. The van der Waals surface area contributed by atoms with Crippen molar-refractivity contribution in [3.63, 3.8) is 0 Å². The fourth-order valence-electron chi connectivity index (χ4n) is 4.84. The first-order chi connectivity index (χ1) is 17.6. The number of allylic oxidation sites excluding steroid dienone is 8. The van der Waals surface area contributed by atoms with Gasteiger partial charge in [0.2, 0.25) is 5.69 Å². The summed E-state index contributed by atoms with van der Waals surface area (Å²) in [6.07, 6.45) is 3.13. The van der Waals surface area contributed by atoms with Gasteiger partial charge in [-0.15, -0.1) is 0 Å². The van der Waals surface area contributed by atoms with Crippen LogP contribution < -0.4 is 4.90 Å². The van der Waals surface area contributed by atoms with Crippen LogP contribution in [0.5, 0.6) is 0 Å². The van der Waals surface area contributed by atoms with Gasteiger partial charge in [0.15, 0.2) is 5.71 Å². The molecule has 0 radical (unpaired) electrons. The third kappa shape index (κ3) is 4.11. The highest BCUT2D eigenvalue weighted by Crippen LogP contribution is 2.47. The molecule has 33 heavy (non-hydrogen) atoms. The Morgan fingerprint density at radius 3 is 2.18 bits per heavy atom. The van der Waals surface area contributed by atoms with E-state index in [4.69, 9.17) is 30.1 Å². The Hall–Kier alpha value is -2.55. The lowest BCUT2D eigenvalue weighted by Crippen LogP contribution is -2.26. The normalized spacial score (nSPS) is 23.8. The van der Waals surface area contributed by atoms with Gasteiger partial charge in [0.05, 0.1) is 12.3 Å². The summed E-state index contributed by atoms with van der Waals surface area (Å²) in [6.45, 7) is 8.09. The molecular weight excluding hydrogens is 447 g/mol. The molecule has 0 atom stereocenters. The van der Waals surface area contributed by atoms with Crippen molar-refractivity contribution in [3.8, 4) is 0 Å². The van der Waals surface area contributed by atoms with E-state index in [-0.39, 0.29) is 12.1 Å². The monoisotopic (exact) mass is 482 g/mol. The number of hydrogen-bond donors (Lipinski definition) is 0. The fraction of sp³-hybridized carbons (Fsp3) is 0.276. The van der Waals surface area contributed by atoms with Crippen LogP contribution in [0, 0.1) is 0 Å². The summed E-state index contributed by atoms with van der Waals surface area (Å²) >= 11 is 12.5. The van der Waals surface area contributed by atoms with Crippen molar-refractivity contribution in [3.05, 3.63) is 106 Å². The van der Waals surface area contributed by atoms with E-state index in [1.165, 1.54) is 0 Å². The van der Waals surface area contributed by atoms with Crippen molar-refractivity contribution in [2.45, 2.75) is 38.5 Å². The Balaban J connectivity index is 1.72. The maximum atomic E-state index is 8.57. The van der Waals surface area contributed by atoms with Crippen molar-refractivity contribution < 1.29 is 11.4 Å². The zero-order chi connectivity index (χ0) is 28.3. The SMILES string of the molecule is [2H]C(=CC1=[N+](C)c2ccc(Cl)cc2C1(C)C)C([2H])=C([2H])C([2H])=C([2H])C=C1N(C)c2ccc(Cl)cc2C1(C)C. The van der Waals surface area contributed by atoms with Gasteiger partial charge in [0.25, 0.3) is 0 Å². The molecule has 0 saturated carbocycles. The van der Waals surface area contributed by atoms with E-state index in [1.807, 2.05) is 87.7 Å². The molecule has 0 aliphatic carbocycles. The molecule has 0 unspecified atom stereocenters. The first-order valence-electron chi connectivity index (χ1n) is 13.3. The van der Waals surface area contributed by atoms with Crippen molar-refractivity contribution in [2.75, 3.05) is 19.0 Å². The highest BCUT2D eigenvalue weighted by Gasteiger charge is 2.43. The summed E-state index contributed by atoms with van der Waals surface area (Å²) in [7, 11) is 3.79. The largest absolute Gasteiger partial charge is 0.347 e. The van der Waals surface area contributed by atoms with E-state index in [0.717, 1.165) is 33.9 Å². The number of nitrogens with zero attached hydrogens (tertiary/aromatic N) is 2. The van der Waals surface area contributed by atoms with Crippen LogP contribution in [0.2, 0.25) is 10.0 Å². The van der Waals surface area contributed by atoms with Crippen LogP contribution in [0.4, 0.5) is 11.4 Å². The quantitative estimate of drug-likeness (QED) is 0.316. The number of likely N-dealkylation sites (N-methyl/N-ethyl adjacent to an activating group) is 1. The Labute approximate surface area is 214 Å². The number of benzene rings is 2. The number of halogens is 2. The zero-order valence-electron chi connectivity index (χ0n) is 24.8. The lowest BCUT2D eigenvalue weighted by atomic mass is 9.81. The predicted octanol–water partition coefficient (Wildman–Crippen LogP) is 7.98. The minimum atomic E-state index is -0.480. The molecule has 2 aliphatic rings. The van der Waals surface area contributed by atoms with Gasteiger partial charge < -0.3 is 4.90 Å². The molecule has 0 bridgehead atoms. The molecule has 0 fully saturated rings. The van der Waals surface area contributed by atoms with Gasteiger partial charge in [0.1, 0.15) is 7.05 Å². The maximum Gasteiger partial charge on any atom is 0.209 e. The van der Waals surface area contributed by atoms with Crippen LogP contribution in [-0.4, -0.2) is 24.4 Å². The molecule has 0 aromatic heterocycles. The first kappa shape index (κ1) is 17.9. The third-order valence-electron chi connectivity index (χ3n) is 6.68. The molecular formula is C29H31Cl2N2+. The molecule has 2 heterocycles. The van der Waals surface area contributed by atoms with Crippen LogP contribution >= 0.6 is 23.2 Å². The Bertz CT molecular complexity index is 1510. The highest BCUT2D eigenvalue weighted by molar-refractivity contribution is 6.31. The molecule has 0 amide bonds. The Morgan fingerprint density at radius 1 is 0.848 bits per heavy atom. The lowest BCUT2D eigenvalue weighted by Gasteiger charge is -2.23. The van der Waals surface area contributed by atoms with E-state index in [0.29, 0.717) is 10.0 Å². The summed E-state index contributed by atoms with van der Waals surface area (Å²) in [5.41, 5.74) is 4.59. The van der Waals surface area contributed by atoms with Gasteiger partial charge >= 0.3 is 0 Å². The molecule has 170 valence electrons. The Kier molecular flexibility index (Phi) is 4.69. The zero-order valence-corrected chi connectivity index (χ0v) is 21.3. The number of fused-ring (bicyclic) bond motifs is 2. The second-order valence-corrected chi connectivity index (χ2v) is 10.3. The molecule has 0 N–H and O–H groups in total. The maximum absolute atomic E-state index is 8.57. The Morgan fingerprint density at radius 2 is 1.45 bits per heavy atom. The average molecular weight is 484 g/mol. The van der Waals surface area contributed by atoms with Gasteiger partial charge in [0, 0.05) is 51.6 Å². The van der Waals surface area contributed by atoms with Crippen molar-refractivity contribution in [1.82, 2.24) is 0 Å². The van der Waals surface area contributed by atoms with Crippen molar-refractivity contribution >= 4 is 40.3 Å². The second kappa shape index (κ2) is 8.66. The molecule has 0 spiro atoms. The van der Waals surface area contributed by atoms with Gasteiger partial charge in [-0.05, 0) is 55.8 Å². The van der Waals surface area contributed by atoms with Crippen LogP contribution in [0.25, 0.3) is 0 Å². The van der Waals surface area contributed by atoms with Gasteiger partial charge in [-0.1, -0.05) is 67.3 Å². The average Bonchev–Trinajstić information content (AvgIpc) is 3.16. The third-order valence-corrected chi connectivity index (χ3v) is 7.15. The lowest BCUT2D eigenvalue weighted by molar-refractivity contribution is -0.401. The topological polar surface area (TPSA) is 6.25 Å². The minimum Gasteiger partial charge on any atom is -0.347 e. The number of rotatable bonds is 4. The standard InChI is InChI=1S/C29H31Cl2N2/c1-28(2)22-18-20(30)14-16-24(22)32(5)26(28)12-10-8-7-9-11-13-27-29(3,4)23-19-21(31)15-17-25(23)33(27)6/h7-19H,1-6H3/q+1/i7D,8D,9D,10D,11D. The predicted molar refractivity (Wildman–Crippen MR) is 144 cm³/mol. The molecule has 0 saturated heterocycles. The second-order valence-electron chi connectivity index (χ2n) is 9.41. The molecule has 4 heteroatoms. The summed E-state index contributed by atoms with van der Waals surface area (Å²) in [4.78, 5) is 1.96. The fourth-order valence-corrected chi connectivity index (χ4v) is 5.19. The molecule has 2 nitrogen and oxygen atoms in total. The van der Waals surface area contributed by atoms with Crippen LogP contribution in [0.1, 0.15) is 45.7 Å². The van der Waals surface area contributed by atoms with Gasteiger partial charge in [-0.3, -0.25) is 0 Å². The minimum absolute atomic E-state index is 0.200. The molecule has 2 aromatic carbocycles. The van der Waals surface area contributed by atoms with E-state index >= 15 is 0 Å². The van der Waals surface area contributed by atoms with Crippen LogP contribution in [0.3, 0.4) is 0 Å². The molecule has 4 rings (SSSR count). The smallest absolute Gasteiger partial charge is 0.209 e. The summed E-state index contributed by atoms with van der Waals surface area (Å²) in [5.74, 6) is 0. The van der Waals surface area contributed by atoms with E-state index in [9.17, 15) is 0 Å². The van der Waals surface area contributed by atoms with E-state index < -0.39 is 29.0 Å². The first-order valence-corrected chi connectivity index (χ1v) is 11.6. The van der Waals surface area contributed by atoms with Crippen molar-refractivity contribution in [2.24, 2.45) is 0 Å². The van der Waals surface area contributed by atoms with Crippen LogP contribution in [0.15, 0.2) is 84.5 Å². The van der Waals surface area contributed by atoms with Crippen molar-refractivity contribution in [1.29, 1.82) is 0 Å². The summed E-state index contributed by atoms with van der Waals surface area (Å²) in [6, 6.07) is 9.58. The van der Waals surface area contributed by atoms with E-state index in [1.54, 1.807) is 12.2 Å². The summed E-state index contributed by atoms with van der Waals surface area (Å²) in [5, 5.41) is 1.25. The van der Waals surface area contributed by atoms with Crippen LogP contribution in [-0.2, 0) is 10.8 Å². The van der Waals surface area contributed by atoms with Gasteiger partial charge in [-0.2, -0.15) is 4.58 Å².